The van der Waals surface area contributed by atoms with Crippen molar-refractivity contribution in [1.82, 2.24) is 10.2 Å². The van der Waals surface area contributed by atoms with Crippen molar-refractivity contribution in [3.8, 4) is 0 Å². The molecule has 1 fully saturated rings. The van der Waals surface area contributed by atoms with Crippen LogP contribution in [0.4, 0.5) is 0 Å². The SMILES string of the molecule is CCCN1CC(CC(O)C(C)C)CC(NCCO)C1. The van der Waals surface area contributed by atoms with Crippen LogP contribution in [0, 0.1) is 11.8 Å². The van der Waals surface area contributed by atoms with Crippen LogP contribution in [-0.2, 0) is 0 Å². The van der Waals surface area contributed by atoms with Crippen molar-refractivity contribution < 1.29 is 10.2 Å². The fourth-order valence-corrected chi connectivity index (χ4v) is 3.00. The van der Waals surface area contributed by atoms with E-state index in [4.69, 9.17) is 5.11 Å². The second kappa shape index (κ2) is 8.90. The highest BCUT2D eigenvalue weighted by Gasteiger charge is 2.28. The predicted octanol–water partition coefficient (Wildman–Crippen LogP) is 1.08. The third-order valence-corrected chi connectivity index (χ3v) is 4.04. The van der Waals surface area contributed by atoms with E-state index in [1.165, 1.54) is 6.42 Å². The van der Waals surface area contributed by atoms with Gasteiger partial charge in [0.2, 0.25) is 0 Å². The van der Waals surface area contributed by atoms with Crippen LogP contribution in [0.2, 0.25) is 0 Å². The fourth-order valence-electron chi connectivity index (χ4n) is 3.00. The second-order valence-electron chi connectivity index (χ2n) is 6.28. The molecule has 1 saturated heterocycles. The van der Waals surface area contributed by atoms with Crippen LogP contribution in [0.15, 0.2) is 0 Å². The van der Waals surface area contributed by atoms with Gasteiger partial charge in [0.15, 0.2) is 0 Å². The van der Waals surface area contributed by atoms with Crippen molar-refractivity contribution in [2.75, 3.05) is 32.8 Å². The third kappa shape index (κ3) is 6.21. The average molecular weight is 272 g/mol. The summed E-state index contributed by atoms with van der Waals surface area (Å²) in [6.45, 7) is 10.6. The summed E-state index contributed by atoms with van der Waals surface area (Å²) in [7, 11) is 0. The molecule has 0 bridgehead atoms. The van der Waals surface area contributed by atoms with Crippen LogP contribution < -0.4 is 5.32 Å². The molecule has 0 aromatic rings. The first-order chi connectivity index (χ1) is 9.06. The number of hydrogen-bond acceptors (Lipinski definition) is 4. The average Bonchev–Trinajstić information content (AvgIpc) is 2.36. The molecule has 0 radical (unpaired) electrons. The zero-order valence-electron chi connectivity index (χ0n) is 12.8. The molecule has 1 heterocycles. The second-order valence-corrected chi connectivity index (χ2v) is 6.28. The number of likely N-dealkylation sites (tertiary alicyclic amines) is 1. The zero-order valence-corrected chi connectivity index (χ0v) is 12.8. The maximum Gasteiger partial charge on any atom is 0.0566 e. The van der Waals surface area contributed by atoms with Gasteiger partial charge in [0.1, 0.15) is 0 Å². The number of aliphatic hydroxyl groups excluding tert-OH is 2. The molecule has 4 nitrogen and oxygen atoms in total. The van der Waals surface area contributed by atoms with Gasteiger partial charge in [-0.05, 0) is 37.6 Å². The summed E-state index contributed by atoms with van der Waals surface area (Å²) in [5, 5.41) is 22.4. The number of aliphatic hydroxyl groups is 2. The van der Waals surface area contributed by atoms with Crippen molar-refractivity contribution in [2.24, 2.45) is 11.8 Å². The molecule has 0 spiro atoms. The zero-order chi connectivity index (χ0) is 14.3. The van der Waals surface area contributed by atoms with Gasteiger partial charge in [0.05, 0.1) is 12.7 Å². The Morgan fingerprint density at radius 1 is 1.32 bits per heavy atom. The Morgan fingerprint density at radius 2 is 2.05 bits per heavy atom. The quantitative estimate of drug-likeness (QED) is 0.619. The van der Waals surface area contributed by atoms with E-state index in [9.17, 15) is 5.11 Å². The van der Waals surface area contributed by atoms with E-state index < -0.39 is 0 Å². The van der Waals surface area contributed by atoms with Crippen LogP contribution in [0.3, 0.4) is 0 Å². The highest BCUT2D eigenvalue weighted by atomic mass is 16.3. The topological polar surface area (TPSA) is 55.7 Å². The van der Waals surface area contributed by atoms with Crippen molar-refractivity contribution in [2.45, 2.75) is 52.2 Å². The molecule has 3 unspecified atom stereocenters. The molecule has 3 atom stereocenters. The van der Waals surface area contributed by atoms with Crippen LogP contribution in [0.1, 0.15) is 40.0 Å². The predicted molar refractivity (Wildman–Crippen MR) is 79.2 cm³/mol. The monoisotopic (exact) mass is 272 g/mol. The van der Waals surface area contributed by atoms with Gasteiger partial charge in [-0.1, -0.05) is 20.8 Å². The highest BCUT2D eigenvalue weighted by Crippen LogP contribution is 2.23. The lowest BCUT2D eigenvalue weighted by molar-refractivity contribution is 0.0610. The number of nitrogens with one attached hydrogen (secondary N) is 1. The summed E-state index contributed by atoms with van der Waals surface area (Å²) in [6, 6.07) is 0.455. The molecule has 0 amide bonds. The Morgan fingerprint density at radius 3 is 2.63 bits per heavy atom. The number of rotatable bonds is 8. The molecule has 0 aliphatic carbocycles. The Kier molecular flexibility index (Phi) is 7.91. The molecule has 4 heteroatoms. The molecular weight excluding hydrogens is 240 g/mol. The van der Waals surface area contributed by atoms with E-state index in [2.05, 4.69) is 31.0 Å². The summed E-state index contributed by atoms with van der Waals surface area (Å²) in [4.78, 5) is 2.50. The minimum absolute atomic E-state index is 0.190. The van der Waals surface area contributed by atoms with Crippen molar-refractivity contribution >= 4 is 0 Å². The van der Waals surface area contributed by atoms with Crippen LogP contribution >= 0.6 is 0 Å². The number of piperidine rings is 1. The first-order valence-corrected chi connectivity index (χ1v) is 7.81. The Hall–Kier alpha value is -0.160. The first kappa shape index (κ1) is 16.9. The Balaban J connectivity index is 2.49. The molecule has 1 aliphatic heterocycles. The molecule has 0 aromatic heterocycles. The van der Waals surface area contributed by atoms with Crippen molar-refractivity contribution in [3.05, 3.63) is 0 Å². The lowest BCUT2D eigenvalue weighted by Crippen LogP contribution is -2.50. The molecule has 114 valence electrons. The molecule has 19 heavy (non-hydrogen) atoms. The Bertz CT molecular complexity index is 236. The Labute approximate surface area is 118 Å². The standard InChI is InChI=1S/C15H32N2O2/c1-4-6-17-10-13(9-15(19)12(2)3)8-14(11-17)16-5-7-18/h12-16,18-19H,4-11H2,1-3H3. The van der Waals surface area contributed by atoms with E-state index >= 15 is 0 Å². The summed E-state index contributed by atoms with van der Waals surface area (Å²) in [5.74, 6) is 0.902. The summed E-state index contributed by atoms with van der Waals surface area (Å²) >= 11 is 0. The molecular formula is C15H32N2O2. The highest BCUT2D eigenvalue weighted by molar-refractivity contribution is 4.85. The van der Waals surface area contributed by atoms with E-state index in [0.29, 0.717) is 24.4 Å². The minimum Gasteiger partial charge on any atom is -0.395 e. The molecule has 0 aromatic carbocycles. The maximum absolute atomic E-state index is 10.1. The van der Waals surface area contributed by atoms with E-state index in [-0.39, 0.29) is 12.7 Å². The van der Waals surface area contributed by atoms with Crippen molar-refractivity contribution in [1.29, 1.82) is 0 Å². The van der Waals surface area contributed by atoms with Gasteiger partial charge in [-0.15, -0.1) is 0 Å². The smallest absolute Gasteiger partial charge is 0.0566 e. The molecule has 1 aliphatic rings. The van der Waals surface area contributed by atoms with Crippen LogP contribution in [0.25, 0.3) is 0 Å². The van der Waals surface area contributed by atoms with Gasteiger partial charge in [-0.25, -0.2) is 0 Å². The maximum atomic E-state index is 10.1. The summed E-state index contributed by atoms with van der Waals surface area (Å²) < 4.78 is 0. The number of nitrogens with zero attached hydrogens (tertiary/aromatic N) is 1. The summed E-state index contributed by atoms with van der Waals surface area (Å²) in [5.41, 5.74) is 0. The summed E-state index contributed by atoms with van der Waals surface area (Å²) in [6.07, 6.45) is 3.00. The molecule has 0 saturated carbocycles. The van der Waals surface area contributed by atoms with Crippen LogP contribution in [0.5, 0.6) is 0 Å². The van der Waals surface area contributed by atoms with E-state index in [0.717, 1.165) is 32.5 Å². The first-order valence-electron chi connectivity index (χ1n) is 7.81. The lowest BCUT2D eigenvalue weighted by atomic mass is 9.86. The fraction of sp³-hybridized carbons (Fsp3) is 1.00. The van der Waals surface area contributed by atoms with Crippen molar-refractivity contribution in [3.63, 3.8) is 0 Å². The number of hydrogen-bond donors (Lipinski definition) is 3. The third-order valence-electron chi connectivity index (χ3n) is 4.04. The van der Waals surface area contributed by atoms with E-state index in [1.54, 1.807) is 0 Å². The van der Waals surface area contributed by atoms with Gasteiger partial charge >= 0.3 is 0 Å². The molecule has 3 N–H and O–H groups in total. The largest absolute Gasteiger partial charge is 0.395 e. The van der Waals surface area contributed by atoms with Gasteiger partial charge < -0.3 is 20.4 Å². The molecule has 1 rings (SSSR count). The minimum atomic E-state index is -0.190. The van der Waals surface area contributed by atoms with Crippen LogP contribution in [-0.4, -0.2) is 60.0 Å². The van der Waals surface area contributed by atoms with E-state index in [1.807, 2.05) is 0 Å². The van der Waals surface area contributed by atoms with Gasteiger partial charge in [-0.2, -0.15) is 0 Å². The lowest BCUT2D eigenvalue weighted by Gasteiger charge is -2.39. The van der Waals surface area contributed by atoms with Gasteiger partial charge in [0, 0.05) is 25.7 Å². The normalized spacial score (nSPS) is 26.8. The van der Waals surface area contributed by atoms with Gasteiger partial charge in [-0.3, -0.25) is 0 Å². The van der Waals surface area contributed by atoms with Gasteiger partial charge in [0.25, 0.3) is 0 Å².